The molecule has 1 aromatic carbocycles. The number of nitrogen functional groups attached to an aromatic ring is 1. The van der Waals surface area contributed by atoms with Gasteiger partial charge in [-0.15, -0.1) is 0 Å². The summed E-state index contributed by atoms with van der Waals surface area (Å²) in [6.07, 6.45) is -4.26. The molecule has 1 unspecified atom stereocenters. The lowest BCUT2D eigenvalue weighted by Gasteiger charge is -2.16. The maximum absolute atomic E-state index is 14.6. The van der Waals surface area contributed by atoms with Gasteiger partial charge in [0.25, 0.3) is 5.56 Å². The third kappa shape index (κ3) is 5.25. The smallest absolute Gasteiger partial charge is 0.393 e. The molecule has 0 bridgehead atoms. The lowest BCUT2D eigenvalue weighted by atomic mass is 10.0. The second kappa shape index (κ2) is 8.71. The number of nitrogens with two attached hydrogens (primary N) is 1. The number of alkyl halides is 3. The van der Waals surface area contributed by atoms with Gasteiger partial charge in [-0.1, -0.05) is 6.07 Å². The second-order valence-electron chi connectivity index (χ2n) is 7.05. The van der Waals surface area contributed by atoms with E-state index in [9.17, 15) is 26.9 Å². The van der Waals surface area contributed by atoms with E-state index >= 15 is 0 Å². The van der Waals surface area contributed by atoms with Crippen molar-refractivity contribution in [3.05, 3.63) is 46.6 Å². The second-order valence-corrected chi connectivity index (χ2v) is 8.35. The van der Waals surface area contributed by atoms with E-state index < -0.39 is 41.1 Å². The fraction of sp³-hybridized carbons (Fsp3) is 0.316. The molecule has 1 atom stereocenters. The first-order chi connectivity index (χ1) is 14.5. The van der Waals surface area contributed by atoms with Gasteiger partial charge in [0.05, 0.1) is 17.8 Å². The van der Waals surface area contributed by atoms with Gasteiger partial charge in [-0.2, -0.15) is 18.2 Å². The van der Waals surface area contributed by atoms with Crippen LogP contribution in [0.5, 0.6) is 0 Å². The number of anilines is 2. The predicted octanol–water partition coefficient (Wildman–Crippen LogP) is 3.79. The number of nitrogens with one attached hydrogen (secondary N) is 1. The van der Waals surface area contributed by atoms with Gasteiger partial charge in [-0.25, -0.2) is 14.1 Å². The standard InChI is InChI=1S/C19H19F4N5O2S/c1-10(2)28-16-12(9-25-18(24)26-16)7-13(17(28)29)11-3-4-15(14(20)8-11)27-31(30)6-5-19(21,22)23/h3-4,7-10,27H,5-6H2,1-2H3,(H2,24,25,26). The summed E-state index contributed by atoms with van der Waals surface area (Å²) in [7, 11) is 0. The van der Waals surface area contributed by atoms with Crippen LogP contribution in [0.15, 0.2) is 35.3 Å². The average Bonchev–Trinajstić information content (AvgIpc) is 2.66. The third-order valence-electron chi connectivity index (χ3n) is 4.38. The van der Waals surface area contributed by atoms with Gasteiger partial charge in [0.2, 0.25) is 5.95 Å². The number of hydrogen-bond donors (Lipinski definition) is 2. The summed E-state index contributed by atoms with van der Waals surface area (Å²) in [5.74, 6) is -1.56. The molecule has 31 heavy (non-hydrogen) atoms. The third-order valence-corrected chi connectivity index (χ3v) is 5.41. The number of benzene rings is 1. The molecule has 0 aliphatic rings. The van der Waals surface area contributed by atoms with Gasteiger partial charge in [0, 0.05) is 23.2 Å². The van der Waals surface area contributed by atoms with Gasteiger partial charge >= 0.3 is 6.18 Å². The first kappa shape index (κ1) is 22.8. The van der Waals surface area contributed by atoms with Crippen LogP contribution in [0.3, 0.4) is 0 Å². The molecule has 0 aliphatic heterocycles. The van der Waals surface area contributed by atoms with E-state index in [4.69, 9.17) is 5.73 Å². The maximum Gasteiger partial charge on any atom is 0.393 e. The maximum atomic E-state index is 14.6. The monoisotopic (exact) mass is 457 g/mol. The van der Waals surface area contributed by atoms with Crippen LogP contribution in [0.4, 0.5) is 29.2 Å². The minimum absolute atomic E-state index is 0.00838. The topological polar surface area (TPSA) is 109 Å². The van der Waals surface area contributed by atoms with Crippen LogP contribution in [0.25, 0.3) is 22.2 Å². The summed E-state index contributed by atoms with van der Waals surface area (Å²) in [5, 5.41) is 0.522. The Morgan fingerprint density at radius 1 is 1.29 bits per heavy atom. The van der Waals surface area contributed by atoms with Crippen molar-refractivity contribution < 1.29 is 22.1 Å². The van der Waals surface area contributed by atoms with Crippen molar-refractivity contribution in [2.24, 2.45) is 0 Å². The van der Waals surface area contributed by atoms with Crippen molar-refractivity contribution in [3.63, 3.8) is 0 Å². The highest BCUT2D eigenvalue weighted by atomic mass is 32.2. The van der Waals surface area contributed by atoms with Crippen LogP contribution >= 0.6 is 0 Å². The molecule has 0 amide bonds. The summed E-state index contributed by atoms with van der Waals surface area (Å²) in [4.78, 5) is 21.1. The molecule has 0 saturated carbocycles. The van der Waals surface area contributed by atoms with Crippen molar-refractivity contribution in [1.82, 2.24) is 14.5 Å². The number of hydrogen-bond acceptors (Lipinski definition) is 6. The van der Waals surface area contributed by atoms with E-state index in [1.54, 1.807) is 13.8 Å². The molecule has 0 radical (unpaired) electrons. The highest BCUT2D eigenvalue weighted by molar-refractivity contribution is 7.92. The van der Waals surface area contributed by atoms with E-state index in [2.05, 4.69) is 14.7 Å². The van der Waals surface area contributed by atoms with Gasteiger partial charge in [-0.3, -0.25) is 9.36 Å². The number of aromatic nitrogens is 3. The molecule has 3 N–H and O–H groups in total. The average molecular weight is 457 g/mol. The molecular weight excluding hydrogens is 438 g/mol. The van der Waals surface area contributed by atoms with Crippen LogP contribution in [-0.2, 0) is 11.4 Å². The van der Waals surface area contributed by atoms with E-state index in [0.29, 0.717) is 11.0 Å². The number of rotatable bonds is 6. The van der Waals surface area contributed by atoms with Gasteiger partial charge < -0.3 is 10.3 Å². The molecule has 3 rings (SSSR count). The highest BCUT2D eigenvalue weighted by Gasteiger charge is 2.30. The Labute approximate surface area is 177 Å². The lowest BCUT2D eigenvalue weighted by Crippen LogP contribution is -2.25. The molecule has 0 saturated heterocycles. The van der Waals surface area contributed by atoms with Crippen molar-refractivity contribution in [3.8, 4) is 11.1 Å². The molecule has 3 aromatic rings. The Bertz CT molecular complexity index is 1170. The fourth-order valence-corrected chi connectivity index (χ4v) is 3.90. The van der Waals surface area contributed by atoms with E-state index in [1.165, 1.54) is 29.0 Å². The lowest BCUT2D eigenvalue weighted by molar-refractivity contribution is -0.129. The SMILES string of the molecule is CC(C)n1c(=O)c(-c2ccc(N[S+]([O-])CCC(F)(F)F)c(F)c2)cc2cnc(N)nc21. The molecule has 2 aromatic heterocycles. The normalized spacial score (nSPS) is 13.0. The van der Waals surface area contributed by atoms with Crippen LogP contribution in [-0.4, -0.2) is 31.0 Å². The zero-order valence-electron chi connectivity index (χ0n) is 16.5. The molecule has 0 aliphatic carbocycles. The molecule has 0 spiro atoms. The first-order valence-corrected chi connectivity index (χ1v) is 10.5. The summed E-state index contributed by atoms with van der Waals surface area (Å²) < 4.78 is 66.7. The van der Waals surface area contributed by atoms with Gasteiger partial charge in [-0.05, 0) is 37.6 Å². The zero-order valence-corrected chi connectivity index (χ0v) is 17.4. The molecule has 166 valence electrons. The Balaban J connectivity index is 1.97. The quantitative estimate of drug-likeness (QED) is 0.431. The Morgan fingerprint density at radius 3 is 2.61 bits per heavy atom. The first-order valence-electron chi connectivity index (χ1n) is 9.15. The number of nitrogens with zero attached hydrogens (tertiary/aromatic N) is 3. The number of halogens is 4. The van der Waals surface area contributed by atoms with Crippen molar-refractivity contribution in [2.45, 2.75) is 32.5 Å². The van der Waals surface area contributed by atoms with Crippen LogP contribution in [0.2, 0.25) is 0 Å². The van der Waals surface area contributed by atoms with Crippen LogP contribution in [0.1, 0.15) is 26.3 Å². The predicted molar refractivity (Wildman–Crippen MR) is 111 cm³/mol. The summed E-state index contributed by atoms with van der Waals surface area (Å²) in [6, 6.07) is 4.93. The van der Waals surface area contributed by atoms with Gasteiger partial charge in [0.15, 0.2) is 5.82 Å². The molecule has 0 fully saturated rings. The van der Waals surface area contributed by atoms with Gasteiger partial charge in [0.1, 0.15) is 17.1 Å². The Hall–Kier alpha value is -2.86. The Morgan fingerprint density at radius 2 is 2.00 bits per heavy atom. The van der Waals surface area contributed by atoms with Crippen molar-refractivity contribution in [2.75, 3.05) is 16.2 Å². The highest BCUT2D eigenvalue weighted by Crippen LogP contribution is 2.27. The minimum atomic E-state index is -4.46. The minimum Gasteiger partial charge on any atom is -0.593 e. The van der Waals surface area contributed by atoms with E-state index in [0.717, 1.165) is 6.07 Å². The largest absolute Gasteiger partial charge is 0.593 e. The molecule has 12 heteroatoms. The molecular formula is C19H19F4N5O2S. The molecule has 2 heterocycles. The summed E-state index contributed by atoms with van der Waals surface area (Å²) in [6.45, 7) is 3.57. The van der Waals surface area contributed by atoms with Crippen LogP contribution < -0.4 is 16.0 Å². The summed E-state index contributed by atoms with van der Waals surface area (Å²) in [5.41, 5.74) is 5.74. The number of pyridine rings is 1. The Kier molecular flexibility index (Phi) is 6.41. The van der Waals surface area contributed by atoms with E-state index in [1.807, 2.05) is 0 Å². The summed E-state index contributed by atoms with van der Waals surface area (Å²) >= 11 is -2.12. The number of fused-ring (bicyclic) bond motifs is 1. The zero-order chi connectivity index (χ0) is 22.9. The van der Waals surface area contributed by atoms with E-state index in [-0.39, 0.29) is 28.8 Å². The van der Waals surface area contributed by atoms with Crippen LogP contribution in [0, 0.1) is 5.82 Å². The fourth-order valence-electron chi connectivity index (χ4n) is 2.97. The molecule has 7 nitrogen and oxygen atoms in total. The van der Waals surface area contributed by atoms with Crippen molar-refractivity contribution in [1.29, 1.82) is 0 Å². The van der Waals surface area contributed by atoms with Crippen molar-refractivity contribution >= 4 is 34.0 Å².